The summed E-state index contributed by atoms with van der Waals surface area (Å²) in [6.07, 6.45) is 10.2. The molecule has 0 radical (unpaired) electrons. The van der Waals surface area contributed by atoms with Crippen molar-refractivity contribution in [3.05, 3.63) is 65.1 Å². The van der Waals surface area contributed by atoms with Crippen LogP contribution in [-0.2, 0) is 16.4 Å². The van der Waals surface area contributed by atoms with Crippen molar-refractivity contribution in [2.75, 3.05) is 10.0 Å². The third kappa shape index (κ3) is 5.52. The van der Waals surface area contributed by atoms with Crippen LogP contribution in [0.25, 0.3) is 22.2 Å². The minimum absolute atomic E-state index is 0.0142. The molecule has 1 aliphatic carbocycles. The molecule has 0 saturated heterocycles. The highest BCUT2D eigenvalue weighted by Crippen LogP contribution is 2.30. The summed E-state index contributed by atoms with van der Waals surface area (Å²) < 4.78 is 28.1. The molecular weight excluding hydrogens is 508 g/mol. The fourth-order valence-corrected chi connectivity index (χ4v) is 6.30. The van der Waals surface area contributed by atoms with Crippen LogP contribution in [0.2, 0.25) is 5.02 Å². The highest BCUT2D eigenvalue weighted by atomic mass is 35.5. The number of rotatable bonds is 7. The summed E-state index contributed by atoms with van der Waals surface area (Å²) >= 11 is 6.08. The third-order valence-corrected chi connectivity index (χ3v) is 8.52. The Labute approximate surface area is 222 Å². The zero-order valence-electron chi connectivity index (χ0n) is 20.8. The highest BCUT2D eigenvalue weighted by Gasteiger charge is 2.20. The number of aromatic nitrogens is 4. The van der Waals surface area contributed by atoms with E-state index >= 15 is 0 Å². The number of nitrogens with one attached hydrogen (secondary N) is 2. The number of sulfonamides is 1. The average Bonchev–Trinajstić information content (AvgIpc) is 2.89. The molecular formula is C27H29ClN6O2S. The molecule has 1 saturated carbocycles. The van der Waals surface area contributed by atoms with E-state index in [1.807, 2.05) is 12.3 Å². The lowest BCUT2D eigenvalue weighted by Gasteiger charge is -2.22. The predicted molar refractivity (Wildman–Crippen MR) is 147 cm³/mol. The van der Waals surface area contributed by atoms with Gasteiger partial charge in [-0.05, 0) is 56.0 Å². The highest BCUT2D eigenvalue weighted by molar-refractivity contribution is 7.92. The summed E-state index contributed by atoms with van der Waals surface area (Å²) in [6, 6.07) is 10.8. The van der Waals surface area contributed by atoms with Gasteiger partial charge in [0.05, 0.1) is 28.1 Å². The Morgan fingerprint density at radius 3 is 2.54 bits per heavy atom. The molecule has 0 bridgehead atoms. The molecule has 1 fully saturated rings. The van der Waals surface area contributed by atoms with Gasteiger partial charge in [-0.2, -0.15) is 0 Å². The first kappa shape index (κ1) is 25.4. The maximum absolute atomic E-state index is 12.8. The molecule has 37 heavy (non-hydrogen) atoms. The number of anilines is 2. The first-order valence-corrected chi connectivity index (χ1v) is 14.4. The van der Waals surface area contributed by atoms with Crippen molar-refractivity contribution in [1.29, 1.82) is 0 Å². The lowest BCUT2D eigenvalue weighted by Crippen LogP contribution is -2.23. The lowest BCUT2D eigenvalue weighted by molar-refractivity contribution is 0.461. The lowest BCUT2D eigenvalue weighted by atomic mass is 9.96. The van der Waals surface area contributed by atoms with Crippen LogP contribution in [0.1, 0.15) is 50.3 Å². The summed E-state index contributed by atoms with van der Waals surface area (Å²) in [5.41, 5.74) is 4.16. The summed E-state index contributed by atoms with van der Waals surface area (Å²) in [4.78, 5) is 18.4. The first-order valence-electron chi connectivity index (χ1n) is 12.5. The minimum Gasteiger partial charge on any atom is -0.351 e. The molecule has 0 atom stereocenters. The first-order chi connectivity index (χ1) is 17.8. The topological polar surface area (TPSA) is 110 Å². The Kier molecular flexibility index (Phi) is 7.26. The van der Waals surface area contributed by atoms with Gasteiger partial charge in [0.2, 0.25) is 5.95 Å². The molecule has 2 heterocycles. The molecule has 2 aromatic carbocycles. The van der Waals surface area contributed by atoms with Gasteiger partial charge in [-0.3, -0.25) is 9.71 Å². The van der Waals surface area contributed by atoms with Crippen LogP contribution in [0.5, 0.6) is 0 Å². The van der Waals surface area contributed by atoms with Gasteiger partial charge in [0.15, 0.2) is 5.82 Å². The van der Waals surface area contributed by atoms with E-state index in [4.69, 9.17) is 16.6 Å². The van der Waals surface area contributed by atoms with Gasteiger partial charge in [0, 0.05) is 23.2 Å². The second kappa shape index (κ2) is 10.6. The fourth-order valence-electron chi connectivity index (χ4n) is 4.79. The van der Waals surface area contributed by atoms with E-state index in [0.717, 1.165) is 41.3 Å². The molecule has 1 aliphatic rings. The second-order valence-electron chi connectivity index (χ2n) is 9.32. The average molecular weight is 537 g/mol. The number of halogens is 1. The molecule has 0 amide bonds. The van der Waals surface area contributed by atoms with Crippen molar-refractivity contribution in [1.82, 2.24) is 19.9 Å². The molecule has 8 nitrogen and oxygen atoms in total. The molecule has 10 heteroatoms. The summed E-state index contributed by atoms with van der Waals surface area (Å²) in [6.45, 7) is 3.90. The van der Waals surface area contributed by atoms with Crippen molar-refractivity contribution < 1.29 is 8.42 Å². The largest absolute Gasteiger partial charge is 0.351 e. The van der Waals surface area contributed by atoms with E-state index in [0.29, 0.717) is 23.4 Å². The molecule has 0 spiro atoms. The molecule has 5 rings (SSSR count). The van der Waals surface area contributed by atoms with Gasteiger partial charge in [-0.1, -0.05) is 49.9 Å². The zero-order valence-corrected chi connectivity index (χ0v) is 22.4. The molecule has 0 unspecified atom stereocenters. The Bertz CT molecular complexity index is 1550. The van der Waals surface area contributed by atoms with E-state index < -0.39 is 10.0 Å². The van der Waals surface area contributed by atoms with E-state index in [1.54, 1.807) is 19.1 Å². The Morgan fingerprint density at radius 2 is 1.81 bits per heavy atom. The normalized spacial score (nSPS) is 14.6. The fraction of sp³-hybridized carbons (Fsp3) is 0.333. The maximum Gasteiger partial charge on any atom is 0.264 e. The molecule has 4 aromatic rings. The molecule has 2 N–H and O–H groups in total. The Morgan fingerprint density at radius 1 is 1.03 bits per heavy atom. The van der Waals surface area contributed by atoms with E-state index in [-0.39, 0.29) is 15.7 Å². The van der Waals surface area contributed by atoms with Gasteiger partial charge in [-0.25, -0.2) is 23.4 Å². The van der Waals surface area contributed by atoms with E-state index in [2.05, 4.69) is 38.0 Å². The number of nitrogens with zero attached hydrogens (tertiary/aromatic N) is 4. The van der Waals surface area contributed by atoms with Gasteiger partial charge in [-0.15, -0.1) is 0 Å². The number of fused-ring (bicyclic) bond motifs is 1. The van der Waals surface area contributed by atoms with Gasteiger partial charge in [0.25, 0.3) is 10.0 Å². The Balaban J connectivity index is 1.43. The second-order valence-corrected chi connectivity index (χ2v) is 11.4. The van der Waals surface area contributed by atoms with Crippen LogP contribution < -0.4 is 10.0 Å². The van der Waals surface area contributed by atoms with Crippen molar-refractivity contribution >= 4 is 44.3 Å². The van der Waals surface area contributed by atoms with E-state index in [1.165, 1.54) is 37.6 Å². The van der Waals surface area contributed by atoms with Crippen LogP contribution in [-0.4, -0.2) is 34.4 Å². The van der Waals surface area contributed by atoms with Crippen LogP contribution in [0.4, 0.5) is 11.8 Å². The van der Waals surface area contributed by atoms with Crippen molar-refractivity contribution in [3.63, 3.8) is 0 Å². The van der Waals surface area contributed by atoms with E-state index in [9.17, 15) is 8.42 Å². The summed E-state index contributed by atoms with van der Waals surface area (Å²) in [5, 5.41) is 4.57. The zero-order chi connectivity index (χ0) is 26.0. The number of hydrogen-bond acceptors (Lipinski definition) is 7. The molecule has 2 aromatic heterocycles. The van der Waals surface area contributed by atoms with Crippen LogP contribution in [0.3, 0.4) is 0 Å². The van der Waals surface area contributed by atoms with Crippen molar-refractivity contribution in [2.24, 2.45) is 0 Å². The van der Waals surface area contributed by atoms with Gasteiger partial charge >= 0.3 is 0 Å². The van der Waals surface area contributed by atoms with Crippen molar-refractivity contribution in [3.8, 4) is 11.3 Å². The molecule has 0 aliphatic heterocycles. The maximum atomic E-state index is 12.8. The quantitative estimate of drug-likeness (QED) is 0.291. The summed E-state index contributed by atoms with van der Waals surface area (Å²) in [7, 11) is -3.90. The molecule has 192 valence electrons. The third-order valence-electron chi connectivity index (χ3n) is 6.67. The van der Waals surface area contributed by atoms with Gasteiger partial charge < -0.3 is 5.32 Å². The summed E-state index contributed by atoms with van der Waals surface area (Å²) in [5.74, 6) is 0.799. The smallest absolute Gasteiger partial charge is 0.264 e. The number of hydrogen-bond donors (Lipinski definition) is 2. The monoisotopic (exact) mass is 536 g/mol. The number of aryl methyl sites for hydroxylation is 2. The predicted octanol–water partition coefficient (Wildman–Crippen LogP) is 6.16. The van der Waals surface area contributed by atoms with Crippen LogP contribution >= 0.6 is 11.6 Å². The van der Waals surface area contributed by atoms with Crippen LogP contribution in [0, 0.1) is 6.92 Å². The van der Waals surface area contributed by atoms with Crippen LogP contribution in [0.15, 0.2) is 53.7 Å². The standard InChI is InChI=1S/C27H29ClN6O2S/c1-3-18-13-19(14-20-15-30-27(33-26(18)20)32-21-9-5-4-6-10-21)25-17(2)31-24(16-29-25)34-37(35,36)23-12-8-7-11-22(23)28/h7-8,11-16,21H,3-6,9-10H2,1-2H3,(H,31,34)(H,30,32,33). The van der Waals surface area contributed by atoms with Crippen molar-refractivity contribution in [2.45, 2.75) is 63.3 Å². The minimum atomic E-state index is -3.90. The SMILES string of the molecule is CCc1cc(-c2ncc(NS(=O)(=O)c3ccccc3Cl)nc2C)cc2cnc(NC3CCCCC3)nc12. The van der Waals surface area contributed by atoms with Gasteiger partial charge in [0.1, 0.15) is 4.90 Å². The Hall–Kier alpha value is -3.30. The number of benzene rings is 2.